The van der Waals surface area contributed by atoms with Crippen LogP contribution in [0.25, 0.3) is 11.0 Å². The lowest BCUT2D eigenvalue weighted by atomic mass is 10.1. The number of rotatable bonds is 4. The number of pyridine rings is 1. The zero-order valence-electron chi connectivity index (χ0n) is 13.9. The fourth-order valence-corrected chi connectivity index (χ4v) is 3.33. The van der Waals surface area contributed by atoms with Crippen molar-refractivity contribution >= 4 is 16.9 Å². The Kier molecular flexibility index (Phi) is 3.56. The minimum absolute atomic E-state index is 0.0442. The third kappa shape index (κ3) is 2.66. The highest BCUT2D eigenvalue weighted by molar-refractivity contribution is 6.05. The number of benzene rings is 1. The summed E-state index contributed by atoms with van der Waals surface area (Å²) in [5, 5.41) is 8.10. The van der Waals surface area contributed by atoms with Crippen LogP contribution < -0.4 is 5.32 Å². The predicted molar refractivity (Wildman–Crippen MR) is 92.9 cm³/mol. The molecule has 3 aromatic rings. The van der Waals surface area contributed by atoms with Gasteiger partial charge in [0.1, 0.15) is 0 Å². The smallest absolute Gasteiger partial charge is 0.252 e. The second-order valence-corrected chi connectivity index (χ2v) is 6.54. The Bertz CT molecular complexity index is 900. The molecule has 1 aromatic carbocycles. The van der Waals surface area contributed by atoms with Gasteiger partial charge in [0, 0.05) is 19.3 Å². The standard InChI is InChI=1S/C19H20N4O/c1-12-8-16(17-11-21-23(2)18(17)22-12)19(24)20-10-14-9-15(14)13-6-4-3-5-7-13/h3-8,11,14-15H,9-10H2,1-2H3,(H,20,24)/t14-,15-/m0/s1. The number of aryl methyl sites for hydroxylation is 2. The Labute approximate surface area is 140 Å². The number of hydrogen-bond donors (Lipinski definition) is 1. The van der Waals surface area contributed by atoms with Crippen LogP contribution in [0.3, 0.4) is 0 Å². The van der Waals surface area contributed by atoms with E-state index in [4.69, 9.17) is 0 Å². The molecule has 122 valence electrons. The summed E-state index contributed by atoms with van der Waals surface area (Å²) >= 11 is 0. The first-order valence-corrected chi connectivity index (χ1v) is 8.26. The van der Waals surface area contributed by atoms with Crippen molar-refractivity contribution in [3.63, 3.8) is 0 Å². The molecule has 1 aliphatic carbocycles. The molecule has 2 atom stereocenters. The second-order valence-electron chi connectivity index (χ2n) is 6.54. The number of fused-ring (bicyclic) bond motifs is 1. The molecule has 0 unspecified atom stereocenters. The van der Waals surface area contributed by atoms with Crippen LogP contribution in [0, 0.1) is 12.8 Å². The third-order valence-corrected chi connectivity index (χ3v) is 4.75. The molecule has 0 aliphatic heterocycles. The second kappa shape index (κ2) is 5.74. The van der Waals surface area contributed by atoms with Gasteiger partial charge in [-0.1, -0.05) is 30.3 Å². The monoisotopic (exact) mass is 320 g/mol. The van der Waals surface area contributed by atoms with Crippen LogP contribution in [0.1, 0.15) is 34.0 Å². The summed E-state index contributed by atoms with van der Waals surface area (Å²) in [6.45, 7) is 2.61. The highest BCUT2D eigenvalue weighted by Crippen LogP contribution is 2.46. The van der Waals surface area contributed by atoms with Gasteiger partial charge in [0.25, 0.3) is 5.91 Å². The molecule has 0 bridgehead atoms. The molecular weight excluding hydrogens is 300 g/mol. The lowest BCUT2D eigenvalue weighted by Gasteiger charge is -2.07. The highest BCUT2D eigenvalue weighted by atomic mass is 16.1. The van der Waals surface area contributed by atoms with Gasteiger partial charge in [0.05, 0.1) is 17.1 Å². The van der Waals surface area contributed by atoms with E-state index in [1.54, 1.807) is 10.9 Å². The normalized spacial score (nSPS) is 19.4. The van der Waals surface area contributed by atoms with Crippen LogP contribution in [0.2, 0.25) is 0 Å². The minimum Gasteiger partial charge on any atom is -0.352 e. The van der Waals surface area contributed by atoms with E-state index in [-0.39, 0.29) is 5.91 Å². The van der Waals surface area contributed by atoms with Gasteiger partial charge in [0.15, 0.2) is 5.65 Å². The number of carbonyl (C=O) groups excluding carboxylic acids is 1. The zero-order valence-corrected chi connectivity index (χ0v) is 13.9. The maximum Gasteiger partial charge on any atom is 0.252 e. The highest BCUT2D eigenvalue weighted by Gasteiger charge is 2.38. The Balaban J connectivity index is 1.46. The van der Waals surface area contributed by atoms with Crippen molar-refractivity contribution in [3.05, 3.63) is 59.4 Å². The van der Waals surface area contributed by atoms with Crippen LogP contribution in [-0.4, -0.2) is 27.2 Å². The lowest BCUT2D eigenvalue weighted by Crippen LogP contribution is -2.26. The van der Waals surface area contributed by atoms with Crippen LogP contribution >= 0.6 is 0 Å². The molecule has 2 aromatic heterocycles. The first kappa shape index (κ1) is 14.9. The van der Waals surface area contributed by atoms with Crippen LogP contribution in [0.4, 0.5) is 0 Å². The molecule has 0 radical (unpaired) electrons. The summed E-state index contributed by atoms with van der Waals surface area (Å²) in [4.78, 5) is 17.1. The van der Waals surface area contributed by atoms with Crippen LogP contribution in [0.15, 0.2) is 42.6 Å². The van der Waals surface area contributed by atoms with Crippen molar-refractivity contribution in [3.8, 4) is 0 Å². The van der Waals surface area contributed by atoms with E-state index >= 15 is 0 Å². The summed E-state index contributed by atoms with van der Waals surface area (Å²) in [5.74, 6) is 1.06. The van der Waals surface area contributed by atoms with E-state index in [0.717, 1.165) is 23.1 Å². The Hall–Kier alpha value is -2.69. The van der Waals surface area contributed by atoms with Crippen molar-refractivity contribution in [1.29, 1.82) is 0 Å². The minimum atomic E-state index is -0.0442. The molecule has 5 nitrogen and oxygen atoms in total. The summed E-state index contributed by atoms with van der Waals surface area (Å²) in [7, 11) is 1.84. The van der Waals surface area contributed by atoms with Gasteiger partial charge in [0.2, 0.25) is 0 Å². The molecule has 4 rings (SSSR count). The maximum atomic E-state index is 12.6. The van der Waals surface area contributed by atoms with Crippen LogP contribution in [0.5, 0.6) is 0 Å². The Morgan fingerprint density at radius 1 is 1.33 bits per heavy atom. The van der Waals surface area contributed by atoms with E-state index in [0.29, 0.717) is 23.9 Å². The summed E-state index contributed by atoms with van der Waals surface area (Å²) in [6.07, 6.45) is 2.85. The number of hydrogen-bond acceptors (Lipinski definition) is 3. The van der Waals surface area contributed by atoms with E-state index in [1.165, 1.54) is 5.56 Å². The topological polar surface area (TPSA) is 59.8 Å². The largest absolute Gasteiger partial charge is 0.352 e. The Morgan fingerprint density at radius 3 is 2.92 bits per heavy atom. The molecule has 1 amide bonds. The van der Waals surface area contributed by atoms with Crippen molar-refractivity contribution in [2.75, 3.05) is 6.54 Å². The van der Waals surface area contributed by atoms with Crippen molar-refractivity contribution in [1.82, 2.24) is 20.1 Å². The molecule has 24 heavy (non-hydrogen) atoms. The van der Waals surface area contributed by atoms with Crippen molar-refractivity contribution in [2.24, 2.45) is 13.0 Å². The summed E-state index contributed by atoms with van der Waals surface area (Å²) in [5.41, 5.74) is 3.59. The molecule has 1 saturated carbocycles. The molecular formula is C19H20N4O. The number of carbonyl (C=O) groups is 1. The molecule has 2 heterocycles. The van der Waals surface area contributed by atoms with Gasteiger partial charge in [-0.25, -0.2) is 4.98 Å². The third-order valence-electron chi connectivity index (χ3n) is 4.75. The molecule has 0 spiro atoms. The first-order chi connectivity index (χ1) is 11.6. The zero-order chi connectivity index (χ0) is 16.7. The Morgan fingerprint density at radius 2 is 2.12 bits per heavy atom. The van der Waals surface area contributed by atoms with Crippen molar-refractivity contribution in [2.45, 2.75) is 19.3 Å². The summed E-state index contributed by atoms with van der Waals surface area (Å²) in [6, 6.07) is 12.3. The molecule has 1 N–H and O–H groups in total. The molecule has 1 fully saturated rings. The number of amides is 1. The van der Waals surface area contributed by atoms with E-state index in [1.807, 2.05) is 26.1 Å². The number of nitrogens with one attached hydrogen (secondary N) is 1. The number of aromatic nitrogens is 3. The molecule has 5 heteroatoms. The van der Waals surface area contributed by atoms with Crippen LogP contribution in [-0.2, 0) is 7.05 Å². The molecule has 0 saturated heterocycles. The molecule has 1 aliphatic rings. The summed E-state index contributed by atoms with van der Waals surface area (Å²) < 4.78 is 1.70. The predicted octanol–water partition coefficient (Wildman–Crippen LogP) is 2.81. The lowest BCUT2D eigenvalue weighted by molar-refractivity contribution is 0.0953. The maximum absolute atomic E-state index is 12.6. The average Bonchev–Trinajstić information content (AvgIpc) is 3.29. The average molecular weight is 320 g/mol. The van der Waals surface area contributed by atoms with Crippen molar-refractivity contribution < 1.29 is 4.79 Å². The SMILES string of the molecule is Cc1cc(C(=O)NC[C@@H]2C[C@H]2c2ccccc2)c2cnn(C)c2n1. The van der Waals surface area contributed by atoms with Gasteiger partial charge >= 0.3 is 0 Å². The fourth-order valence-electron chi connectivity index (χ4n) is 3.33. The van der Waals surface area contributed by atoms with Gasteiger partial charge in [-0.2, -0.15) is 5.10 Å². The van der Waals surface area contributed by atoms with E-state index in [2.05, 4.69) is 39.7 Å². The van der Waals surface area contributed by atoms with Gasteiger partial charge in [-0.15, -0.1) is 0 Å². The van der Waals surface area contributed by atoms with Gasteiger partial charge in [-0.05, 0) is 36.8 Å². The first-order valence-electron chi connectivity index (χ1n) is 8.26. The van der Waals surface area contributed by atoms with E-state index < -0.39 is 0 Å². The quantitative estimate of drug-likeness (QED) is 0.804. The van der Waals surface area contributed by atoms with Gasteiger partial charge in [-0.3, -0.25) is 9.48 Å². The number of nitrogens with zero attached hydrogens (tertiary/aromatic N) is 3. The van der Waals surface area contributed by atoms with E-state index in [9.17, 15) is 4.79 Å². The van der Waals surface area contributed by atoms with Gasteiger partial charge < -0.3 is 5.32 Å². The fraction of sp³-hybridized carbons (Fsp3) is 0.316.